The molecule has 18 heavy (non-hydrogen) atoms. The van der Waals surface area contributed by atoms with E-state index < -0.39 is 0 Å². The third kappa shape index (κ3) is 2.62. The van der Waals surface area contributed by atoms with Crippen molar-refractivity contribution in [2.45, 2.75) is 0 Å². The topological polar surface area (TPSA) is 74.8 Å². The van der Waals surface area contributed by atoms with E-state index in [0.717, 1.165) is 5.56 Å². The molecule has 0 fully saturated rings. The fourth-order valence-corrected chi connectivity index (χ4v) is 1.46. The maximum Gasteiger partial charge on any atom is 0.0617 e. The molecule has 2 rings (SSSR count). The second-order valence-corrected chi connectivity index (χ2v) is 3.54. The zero-order valence-electron chi connectivity index (χ0n) is 9.54. The fraction of sp³-hybridized carbons (Fsp3) is 0. The quantitative estimate of drug-likeness (QED) is 0.264. The summed E-state index contributed by atoms with van der Waals surface area (Å²) < 4.78 is 0. The Balaban J connectivity index is 2.39. The van der Waals surface area contributed by atoms with Gasteiger partial charge < -0.3 is 5.73 Å². The van der Waals surface area contributed by atoms with Crippen LogP contribution in [0.4, 0.5) is 11.4 Å². The van der Waals surface area contributed by atoms with Crippen LogP contribution in [0.5, 0.6) is 0 Å². The molecular formula is C14H10N4. The summed E-state index contributed by atoms with van der Waals surface area (Å²) in [7, 11) is 0. The minimum Gasteiger partial charge on any atom is -0.397 e. The lowest BCUT2D eigenvalue weighted by atomic mass is 10.1. The van der Waals surface area contributed by atoms with Gasteiger partial charge in [-0.1, -0.05) is 47.3 Å². The fourth-order valence-electron chi connectivity index (χ4n) is 1.46. The van der Waals surface area contributed by atoms with Crippen molar-refractivity contribution in [2.75, 3.05) is 5.73 Å². The van der Waals surface area contributed by atoms with Crippen LogP contribution in [0.15, 0.2) is 53.6 Å². The lowest BCUT2D eigenvalue weighted by Crippen LogP contribution is -1.90. The predicted molar refractivity (Wildman–Crippen MR) is 72.1 cm³/mol. The van der Waals surface area contributed by atoms with Crippen molar-refractivity contribution in [3.05, 3.63) is 70.1 Å². The Morgan fingerprint density at radius 3 is 2.50 bits per heavy atom. The summed E-state index contributed by atoms with van der Waals surface area (Å²) in [6.45, 7) is 0. The molecule has 2 aromatic rings. The van der Waals surface area contributed by atoms with Crippen LogP contribution < -0.4 is 5.73 Å². The molecule has 0 radical (unpaired) electrons. The molecule has 0 saturated heterocycles. The van der Waals surface area contributed by atoms with Gasteiger partial charge in [-0.25, -0.2) is 0 Å². The number of nitrogens with zero attached hydrogens (tertiary/aromatic N) is 3. The van der Waals surface area contributed by atoms with Gasteiger partial charge in [0.2, 0.25) is 0 Å². The minimum atomic E-state index is 0.400. The van der Waals surface area contributed by atoms with E-state index in [4.69, 9.17) is 11.3 Å². The molecule has 0 spiro atoms. The molecule has 0 amide bonds. The van der Waals surface area contributed by atoms with E-state index >= 15 is 0 Å². The molecule has 0 atom stereocenters. The molecule has 0 unspecified atom stereocenters. The molecule has 2 aromatic carbocycles. The molecule has 0 aliphatic rings. The van der Waals surface area contributed by atoms with E-state index in [9.17, 15) is 0 Å². The van der Waals surface area contributed by atoms with Gasteiger partial charge in [-0.3, -0.25) is 0 Å². The van der Waals surface area contributed by atoms with E-state index in [-0.39, 0.29) is 0 Å². The molecule has 4 nitrogen and oxygen atoms in total. The third-order valence-corrected chi connectivity index (χ3v) is 2.35. The van der Waals surface area contributed by atoms with Crippen molar-refractivity contribution in [1.82, 2.24) is 0 Å². The van der Waals surface area contributed by atoms with E-state index in [1.807, 2.05) is 30.3 Å². The molecule has 0 bridgehead atoms. The Morgan fingerprint density at radius 1 is 1.00 bits per heavy atom. The van der Waals surface area contributed by atoms with Gasteiger partial charge in [0.15, 0.2) is 0 Å². The maximum atomic E-state index is 8.41. The maximum absolute atomic E-state index is 8.41. The highest BCUT2D eigenvalue weighted by atomic mass is 15.1. The van der Waals surface area contributed by atoms with Gasteiger partial charge in [-0.15, -0.1) is 0 Å². The summed E-state index contributed by atoms with van der Waals surface area (Å²) in [5.74, 6) is 5.98. The van der Waals surface area contributed by atoms with Crippen LogP contribution in [0.3, 0.4) is 0 Å². The van der Waals surface area contributed by atoms with Gasteiger partial charge in [-0.2, -0.15) is 0 Å². The number of nitrogens with two attached hydrogens (primary N) is 1. The van der Waals surface area contributed by atoms with Crippen LogP contribution in [0, 0.1) is 11.8 Å². The summed E-state index contributed by atoms with van der Waals surface area (Å²) in [4.78, 5) is 2.72. The van der Waals surface area contributed by atoms with Crippen molar-refractivity contribution in [3.63, 3.8) is 0 Å². The van der Waals surface area contributed by atoms with E-state index in [0.29, 0.717) is 16.9 Å². The summed E-state index contributed by atoms with van der Waals surface area (Å²) >= 11 is 0. The Morgan fingerprint density at radius 2 is 1.78 bits per heavy atom. The number of azide groups is 1. The number of benzene rings is 2. The van der Waals surface area contributed by atoms with Crippen molar-refractivity contribution < 1.29 is 0 Å². The van der Waals surface area contributed by atoms with Crippen LogP contribution in [0.25, 0.3) is 10.4 Å². The monoisotopic (exact) mass is 234 g/mol. The molecule has 2 N–H and O–H groups in total. The van der Waals surface area contributed by atoms with Crippen molar-refractivity contribution in [1.29, 1.82) is 0 Å². The largest absolute Gasteiger partial charge is 0.397 e. The first-order chi connectivity index (χ1) is 8.81. The van der Waals surface area contributed by atoms with Crippen LogP contribution >= 0.6 is 0 Å². The normalized spacial score (nSPS) is 8.89. The van der Waals surface area contributed by atoms with Crippen LogP contribution in [0.1, 0.15) is 11.1 Å². The Kier molecular flexibility index (Phi) is 3.50. The Labute approximate surface area is 105 Å². The van der Waals surface area contributed by atoms with Gasteiger partial charge >= 0.3 is 0 Å². The van der Waals surface area contributed by atoms with Crippen LogP contribution in [0.2, 0.25) is 0 Å². The number of hydrogen-bond acceptors (Lipinski definition) is 2. The smallest absolute Gasteiger partial charge is 0.0617 e. The first-order valence-electron chi connectivity index (χ1n) is 5.32. The van der Waals surface area contributed by atoms with E-state index in [1.54, 1.807) is 18.2 Å². The molecule has 0 aliphatic carbocycles. The minimum absolute atomic E-state index is 0.400. The number of para-hydroxylation sites is 1. The number of rotatable bonds is 1. The summed E-state index contributed by atoms with van der Waals surface area (Å²) in [6.07, 6.45) is 0. The molecule has 86 valence electrons. The third-order valence-electron chi connectivity index (χ3n) is 2.35. The van der Waals surface area contributed by atoms with Gasteiger partial charge in [0.1, 0.15) is 0 Å². The first-order valence-corrected chi connectivity index (χ1v) is 5.32. The highest BCUT2D eigenvalue weighted by Gasteiger charge is 2.00. The second-order valence-electron chi connectivity index (χ2n) is 3.54. The molecule has 0 aliphatic heterocycles. The lowest BCUT2D eigenvalue weighted by molar-refractivity contribution is 1.46. The zero-order valence-corrected chi connectivity index (χ0v) is 9.54. The standard InChI is InChI=1S/C14H10N4/c15-14-12(7-4-8-13(14)17-18-16)10-9-11-5-2-1-3-6-11/h1-8H,15H2. The average Bonchev–Trinajstić information content (AvgIpc) is 2.41. The van der Waals surface area contributed by atoms with Crippen molar-refractivity contribution in [2.24, 2.45) is 5.11 Å². The van der Waals surface area contributed by atoms with E-state index in [2.05, 4.69) is 21.9 Å². The number of hydrogen-bond donors (Lipinski definition) is 1. The highest BCUT2D eigenvalue weighted by Crippen LogP contribution is 2.25. The molecule has 0 heterocycles. The molecule has 0 aromatic heterocycles. The molecule has 0 saturated carbocycles. The van der Waals surface area contributed by atoms with Gasteiger partial charge in [0.25, 0.3) is 0 Å². The summed E-state index contributed by atoms with van der Waals surface area (Å²) in [5.41, 5.74) is 16.6. The lowest BCUT2D eigenvalue weighted by Gasteiger charge is -2.00. The van der Waals surface area contributed by atoms with Gasteiger partial charge in [-0.05, 0) is 23.7 Å². The van der Waals surface area contributed by atoms with Gasteiger partial charge in [0, 0.05) is 16.0 Å². The van der Waals surface area contributed by atoms with Crippen molar-refractivity contribution >= 4 is 11.4 Å². The van der Waals surface area contributed by atoms with Crippen LogP contribution in [-0.4, -0.2) is 0 Å². The van der Waals surface area contributed by atoms with Crippen LogP contribution in [-0.2, 0) is 0 Å². The average molecular weight is 234 g/mol. The van der Waals surface area contributed by atoms with E-state index in [1.165, 1.54) is 0 Å². The highest BCUT2D eigenvalue weighted by molar-refractivity contribution is 5.71. The Bertz CT molecular complexity index is 659. The molecular weight excluding hydrogens is 224 g/mol. The number of nitrogen functional groups attached to an aromatic ring is 1. The second kappa shape index (κ2) is 5.44. The summed E-state index contributed by atoms with van der Waals surface area (Å²) in [6, 6.07) is 14.8. The first kappa shape index (κ1) is 11.6. The van der Waals surface area contributed by atoms with Crippen molar-refractivity contribution in [3.8, 4) is 11.8 Å². The van der Waals surface area contributed by atoms with Gasteiger partial charge in [0.05, 0.1) is 11.4 Å². The zero-order chi connectivity index (χ0) is 12.8. The number of anilines is 1. The summed E-state index contributed by atoms with van der Waals surface area (Å²) in [5, 5.41) is 3.51. The SMILES string of the molecule is [N-]=[N+]=Nc1cccc(C#Cc2ccccc2)c1N. The predicted octanol–water partition coefficient (Wildman–Crippen LogP) is 3.61. The Hall–Kier alpha value is -2.89. The molecule has 4 heteroatoms.